The van der Waals surface area contributed by atoms with Crippen molar-refractivity contribution < 1.29 is 9.90 Å². The fraction of sp³-hybridized carbons (Fsp3) is 0.357. The number of benzene rings is 1. The third-order valence-electron chi connectivity index (χ3n) is 3.21. The van der Waals surface area contributed by atoms with E-state index in [1.807, 2.05) is 36.4 Å². The van der Waals surface area contributed by atoms with E-state index in [1.165, 1.54) is 5.56 Å². The van der Waals surface area contributed by atoms with Gasteiger partial charge >= 0.3 is 0 Å². The summed E-state index contributed by atoms with van der Waals surface area (Å²) in [4.78, 5) is 11.0. The Morgan fingerprint density at radius 2 is 1.88 bits per heavy atom. The highest BCUT2D eigenvalue weighted by molar-refractivity contribution is 5.68. The maximum atomic E-state index is 11.0. The molecule has 0 bridgehead atoms. The highest BCUT2D eigenvalue weighted by atomic mass is 16.4. The number of carboxylic acid groups (broad SMARTS) is 1. The van der Waals surface area contributed by atoms with Crippen LogP contribution in [-0.4, -0.2) is 5.97 Å². The average Bonchev–Trinajstić information content (AvgIpc) is 2.31. The Balaban J connectivity index is 2.08. The average molecular weight is 215 g/mol. The van der Waals surface area contributed by atoms with Gasteiger partial charge in [-0.05, 0) is 30.7 Å². The van der Waals surface area contributed by atoms with Crippen LogP contribution in [0.1, 0.15) is 18.4 Å². The van der Waals surface area contributed by atoms with Crippen molar-refractivity contribution in [3.63, 3.8) is 0 Å². The zero-order valence-corrected chi connectivity index (χ0v) is 9.13. The third-order valence-corrected chi connectivity index (χ3v) is 3.21. The Labute approximate surface area is 95.6 Å². The zero-order chi connectivity index (χ0) is 11.4. The quantitative estimate of drug-likeness (QED) is 0.718. The third kappa shape index (κ3) is 2.51. The highest BCUT2D eigenvalue weighted by Crippen LogP contribution is 2.28. The summed E-state index contributed by atoms with van der Waals surface area (Å²) in [6.45, 7) is 0. The molecular weight excluding hydrogens is 200 g/mol. The van der Waals surface area contributed by atoms with Gasteiger partial charge in [-0.25, -0.2) is 0 Å². The first kappa shape index (κ1) is 10.9. The van der Waals surface area contributed by atoms with Crippen LogP contribution in [0.5, 0.6) is 0 Å². The molecule has 0 fully saturated rings. The van der Waals surface area contributed by atoms with Crippen LogP contribution in [0.4, 0.5) is 0 Å². The van der Waals surface area contributed by atoms with E-state index in [4.69, 9.17) is 0 Å². The summed E-state index contributed by atoms with van der Waals surface area (Å²) in [6, 6.07) is 10.0. The summed E-state index contributed by atoms with van der Waals surface area (Å²) in [5.74, 6) is -1.06. The van der Waals surface area contributed by atoms with E-state index in [9.17, 15) is 9.90 Å². The van der Waals surface area contributed by atoms with Crippen LogP contribution in [0.25, 0.3) is 0 Å². The molecule has 0 spiro atoms. The summed E-state index contributed by atoms with van der Waals surface area (Å²) in [5, 5.41) is 11.0. The van der Waals surface area contributed by atoms with Gasteiger partial charge in [0.25, 0.3) is 0 Å². The first-order valence-corrected chi connectivity index (χ1v) is 5.67. The Morgan fingerprint density at radius 1 is 1.19 bits per heavy atom. The topological polar surface area (TPSA) is 40.1 Å². The molecule has 1 aromatic rings. The Hall–Kier alpha value is -1.57. The first-order chi connectivity index (χ1) is 7.77. The van der Waals surface area contributed by atoms with Crippen LogP contribution in [-0.2, 0) is 11.2 Å². The van der Waals surface area contributed by atoms with Crippen LogP contribution >= 0.6 is 0 Å². The van der Waals surface area contributed by atoms with Crippen molar-refractivity contribution >= 4 is 5.97 Å². The Bertz CT molecular complexity index is 381. The lowest BCUT2D eigenvalue weighted by molar-refractivity contribution is -0.313. The number of hydrogen-bond acceptors (Lipinski definition) is 2. The van der Waals surface area contributed by atoms with Crippen molar-refractivity contribution in [3.8, 4) is 0 Å². The molecule has 1 aliphatic rings. The SMILES string of the molecule is O=C([O-])[C@H]1CC=CC[C@@H]1Cc1ccccc1. The molecule has 0 unspecified atom stereocenters. The molecule has 0 heterocycles. The minimum Gasteiger partial charge on any atom is -0.550 e. The number of allylic oxidation sites excluding steroid dienone is 2. The molecule has 2 heteroatoms. The number of carboxylic acids is 1. The van der Waals surface area contributed by atoms with Gasteiger partial charge in [0.1, 0.15) is 0 Å². The molecule has 2 nitrogen and oxygen atoms in total. The normalized spacial score (nSPS) is 24.2. The predicted octanol–water partition coefficient (Wildman–Crippen LogP) is 1.56. The molecule has 0 amide bonds. The van der Waals surface area contributed by atoms with E-state index in [0.717, 1.165) is 12.8 Å². The monoisotopic (exact) mass is 215 g/mol. The number of rotatable bonds is 3. The fourth-order valence-electron chi connectivity index (χ4n) is 2.30. The summed E-state index contributed by atoms with van der Waals surface area (Å²) in [7, 11) is 0. The summed E-state index contributed by atoms with van der Waals surface area (Å²) < 4.78 is 0. The smallest absolute Gasteiger partial charge is 0.0451 e. The van der Waals surface area contributed by atoms with Crippen molar-refractivity contribution in [3.05, 3.63) is 48.0 Å². The van der Waals surface area contributed by atoms with Gasteiger partial charge in [-0.2, -0.15) is 0 Å². The van der Waals surface area contributed by atoms with Crippen molar-refractivity contribution in [2.75, 3.05) is 0 Å². The Morgan fingerprint density at radius 3 is 2.56 bits per heavy atom. The molecule has 0 saturated heterocycles. The number of carbonyl (C=O) groups is 1. The van der Waals surface area contributed by atoms with Crippen LogP contribution in [0.15, 0.2) is 42.5 Å². The number of aliphatic carboxylic acids is 1. The van der Waals surface area contributed by atoms with E-state index in [-0.39, 0.29) is 11.8 Å². The lowest BCUT2D eigenvalue weighted by Crippen LogP contribution is -2.37. The molecule has 16 heavy (non-hydrogen) atoms. The second-order valence-corrected chi connectivity index (χ2v) is 4.32. The van der Waals surface area contributed by atoms with E-state index >= 15 is 0 Å². The minimum absolute atomic E-state index is 0.178. The van der Waals surface area contributed by atoms with Crippen LogP contribution in [0, 0.1) is 11.8 Å². The standard InChI is InChI=1S/C14H16O2/c15-14(16)13-9-5-4-8-12(13)10-11-6-2-1-3-7-11/h1-7,12-13H,8-10H2,(H,15,16)/p-1/t12-,13+/m1/s1. The molecule has 84 valence electrons. The number of carbonyl (C=O) groups excluding carboxylic acids is 1. The fourth-order valence-corrected chi connectivity index (χ4v) is 2.30. The maximum absolute atomic E-state index is 11.0. The predicted molar refractivity (Wildman–Crippen MR) is 60.5 cm³/mol. The first-order valence-electron chi connectivity index (χ1n) is 5.67. The lowest BCUT2D eigenvalue weighted by Gasteiger charge is -2.29. The van der Waals surface area contributed by atoms with E-state index < -0.39 is 5.97 Å². The molecule has 0 radical (unpaired) electrons. The summed E-state index contributed by atoms with van der Waals surface area (Å²) in [6.07, 6.45) is 6.30. The van der Waals surface area contributed by atoms with Gasteiger partial charge in [0.2, 0.25) is 0 Å². The maximum Gasteiger partial charge on any atom is 0.0451 e. The van der Waals surface area contributed by atoms with Gasteiger partial charge in [-0.15, -0.1) is 0 Å². The minimum atomic E-state index is -0.912. The van der Waals surface area contributed by atoms with Gasteiger partial charge in [0, 0.05) is 11.9 Å². The summed E-state index contributed by atoms with van der Waals surface area (Å²) >= 11 is 0. The Kier molecular flexibility index (Phi) is 3.40. The van der Waals surface area contributed by atoms with Crippen molar-refractivity contribution in [2.45, 2.75) is 19.3 Å². The second kappa shape index (κ2) is 4.97. The van der Waals surface area contributed by atoms with Crippen molar-refractivity contribution in [1.29, 1.82) is 0 Å². The molecule has 0 saturated carbocycles. The van der Waals surface area contributed by atoms with Crippen LogP contribution < -0.4 is 5.11 Å². The van der Waals surface area contributed by atoms with E-state index in [1.54, 1.807) is 0 Å². The van der Waals surface area contributed by atoms with E-state index in [0.29, 0.717) is 6.42 Å². The molecule has 2 atom stereocenters. The molecule has 0 N–H and O–H groups in total. The molecule has 0 aromatic heterocycles. The zero-order valence-electron chi connectivity index (χ0n) is 9.13. The molecular formula is C14H15O2-. The van der Waals surface area contributed by atoms with Crippen molar-refractivity contribution in [2.24, 2.45) is 11.8 Å². The van der Waals surface area contributed by atoms with E-state index in [2.05, 4.69) is 6.08 Å². The second-order valence-electron chi connectivity index (χ2n) is 4.32. The highest BCUT2D eigenvalue weighted by Gasteiger charge is 2.23. The van der Waals surface area contributed by atoms with Crippen LogP contribution in [0.2, 0.25) is 0 Å². The van der Waals surface area contributed by atoms with Gasteiger partial charge < -0.3 is 9.90 Å². The van der Waals surface area contributed by atoms with Gasteiger partial charge in [-0.3, -0.25) is 0 Å². The number of hydrogen-bond donors (Lipinski definition) is 0. The lowest BCUT2D eigenvalue weighted by atomic mass is 9.79. The van der Waals surface area contributed by atoms with Gasteiger partial charge in [0.15, 0.2) is 0 Å². The van der Waals surface area contributed by atoms with Crippen molar-refractivity contribution in [1.82, 2.24) is 0 Å². The van der Waals surface area contributed by atoms with Gasteiger partial charge in [0.05, 0.1) is 0 Å². The molecule has 1 aromatic carbocycles. The largest absolute Gasteiger partial charge is 0.550 e. The van der Waals surface area contributed by atoms with Crippen LogP contribution in [0.3, 0.4) is 0 Å². The molecule has 1 aliphatic carbocycles. The molecule has 2 rings (SSSR count). The summed E-state index contributed by atoms with van der Waals surface area (Å²) in [5.41, 5.74) is 1.20. The van der Waals surface area contributed by atoms with Gasteiger partial charge in [-0.1, -0.05) is 42.5 Å². The molecule has 0 aliphatic heterocycles.